The van der Waals surface area contributed by atoms with Crippen LogP contribution in [0.3, 0.4) is 0 Å². The van der Waals surface area contributed by atoms with Crippen molar-refractivity contribution in [2.45, 2.75) is 50.6 Å². The maximum absolute atomic E-state index is 12.2. The highest BCUT2D eigenvalue weighted by atomic mass is 35.5. The zero-order valence-corrected chi connectivity index (χ0v) is 10.6. The molecule has 100 valence electrons. The fraction of sp³-hybridized carbons (Fsp3) is 0.667. The number of halogens is 4. The fourth-order valence-electron chi connectivity index (χ4n) is 2.28. The van der Waals surface area contributed by atoms with Gasteiger partial charge in [-0.1, -0.05) is 24.4 Å². The smallest absolute Gasteiger partial charge is 0.238 e. The van der Waals surface area contributed by atoms with Crippen LogP contribution in [0.5, 0.6) is 0 Å². The van der Waals surface area contributed by atoms with Gasteiger partial charge in [-0.05, 0) is 18.9 Å². The predicted molar refractivity (Wildman–Crippen MR) is 62.6 cm³/mol. The van der Waals surface area contributed by atoms with E-state index in [0.29, 0.717) is 5.92 Å². The Balaban J connectivity index is 2.10. The molecule has 0 bridgehead atoms. The summed E-state index contributed by atoms with van der Waals surface area (Å²) in [5.74, 6) is 0.525. The summed E-state index contributed by atoms with van der Waals surface area (Å²) in [5.41, 5.74) is 0.796. The molecule has 2 nitrogen and oxygen atoms in total. The van der Waals surface area contributed by atoms with E-state index in [4.69, 9.17) is 11.6 Å². The summed E-state index contributed by atoms with van der Waals surface area (Å²) in [6.45, 7) is 0. The average Bonchev–Trinajstić information content (AvgIpc) is 2.78. The van der Waals surface area contributed by atoms with Crippen molar-refractivity contribution in [3.63, 3.8) is 0 Å². The Morgan fingerprint density at radius 1 is 1.22 bits per heavy atom. The second-order valence-corrected chi connectivity index (χ2v) is 5.02. The molecule has 2 rings (SSSR count). The van der Waals surface area contributed by atoms with E-state index in [1.807, 2.05) is 0 Å². The first-order valence-electron chi connectivity index (χ1n) is 6.04. The molecule has 1 aliphatic carbocycles. The molecule has 0 aromatic carbocycles. The third-order valence-electron chi connectivity index (χ3n) is 3.17. The monoisotopic (exact) mass is 278 g/mol. The largest absolute Gasteiger partial charge is 0.389 e. The second-order valence-electron chi connectivity index (χ2n) is 4.63. The molecule has 1 aromatic rings. The summed E-state index contributed by atoms with van der Waals surface area (Å²) in [6.07, 6.45) is -0.938. The Hall–Kier alpha value is -0.840. The van der Waals surface area contributed by atoms with Crippen LogP contribution in [0, 0.1) is 0 Å². The van der Waals surface area contributed by atoms with Crippen molar-refractivity contribution in [1.29, 1.82) is 0 Å². The van der Waals surface area contributed by atoms with Crippen LogP contribution < -0.4 is 0 Å². The van der Waals surface area contributed by atoms with Gasteiger partial charge in [-0.2, -0.15) is 13.2 Å². The van der Waals surface area contributed by atoms with Gasteiger partial charge in [-0.3, -0.25) is 0 Å². The van der Waals surface area contributed by atoms with Crippen molar-refractivity contribution < 1.29 is 13.2 Å². The fourth-order valence-corrected chi connectivity index (χ4v) is 2.49. The van der Waals surface area contributed by atoms with Gasteiger partial charge in [0.2, 0.25) is 0 Å². The molecule has 0 N–H and O–H groups in total. The van der Waals surface area contributed by atoms with Gasteiger partial charge in [0.15, 0.2) is 0 Å². The van der Waals surface area contributed by atoms with E-state index >= 15 is 0 Å². The Kier molecular flexibility index (Phi) is 4.10. The minimum atomic E-state index is -4.18. The first-order valence-corrected chi connectivity index (χ1v) is 6.42. The highest BCUT2D eigenvalue weighted by Crippen LogP contribution is 2.33. The Labute approximate surface area is 109 Å². The van der Waals surface area contributed by atoms with Crippen LogP contribution >= 0.6 is 11.6 Å². The molecular weight excluding hydrogens is 265 g/mol. The summed E-state index contributed by atoms with van der Waals surface area (Å²) in [6, 6.07) is 1.68. The van der Waals surface area contributed by atoms with Crippen LogP contribution in [0.2, 0.25) is 5.15 Å². The zero-order chi connectivity index (χ0) is 13.2. The third kappa shape index (κ3) is 3.83. The van der Waals surface area contributed by atoms with E-state index in [-0.39, 0.29) is 17.4 Å². The average molecular weight is 279 g/mol. The second kappa shape index (κ2) is 5.43. The van der Waals surface area contributed by atoms with E-state index in [0.717, 1.165) is 31.4 Å². The predicted octanol–water partition coefficient (Wildman–Crippen LogP) is 4.28. The van der Waals surface area contributed by atoms with E-state index in [2.05, 4.69) is 9.97 Å². The molecule has 1 heterocycles. The molecule has 1 aliphatic rings. The molecule has 0 amide bonds. The van der Waals surface area contributed by atoms with Crippen LogP contribution in [-0.4, -0.2) is 16.1 Å². The van der Waals surface area contributed by atoms with Crippen LogP contribution in [-0.2, 0) is 6.42 Å². The van der Waals surface area contributed by atoms with Gasteiger partial charge in [0.05, 0.1) is 6.42 Å². The summed E-state index contributed by atoms with van der Waals surface area (Å²) in [5, 5.41) is 0.240. The van der Waals surface area contributed by atoms with Crippen molar-refractivity contribution in [1.82, 2.24) is 9.97 Å². The molecule has 18 heavy (non-hydrogen) atoms. The van der Waals surface area contributed by atoms with E-state index in [9.17, 15) is 13.2 Å². The van der Waals surface area contributed by atoms with Gasteiger partial charge in [0.25, 0.3) is 0 Å². The van der Waals surface area contributed by atoms with Gasteiger partial charge in [0, 0.05) is 18.0 Å². The van der Waals surface area contributed by atoms with Gasteiger partial charge in [0.1, 0.15) is 11.0 Å². The topological polar surface area (TPSA) is 25.8 Å². The standard InChI is InChI=1S/C12H14ClF3N2/c13-10-7-9(8-3-1-2-4-8)17-11(18-10)5-6-12(14,15)16/h7-8H,1-6H2. The molecule has 0 atom stereocenters. The van der Waals surface area contributed by atoms with Gasteiger partial charge < -0.3 is 0 Å². The lowest BCUT2D eigenvalue weighted by atomic mass is 10.0. The molecular formula is C12H14ClF3N2. The Bertz CT molecular complexity index is 414. The van der Waals surface area contributed by atoms with Crippen molar-refractivity contribution in [2.24, 2.45) is 0 Å². The van der Waals surface area contributed by atoms with Crippen molar-refractivity contribution in [3.8, 4) is 0 Å². The normalized spacial score (nSPS) is 17.3. The minimum Gasteiger partial charge on any atom is -0.238 e. The van der Waals surface area contributed by atoms with Gasteiger partial charge in [-0.25, -0.2) is 9.97 Å². The molecule has 1 saturated carbocycles. The minimum absolute atomic E-state index is 0.196. The molecule has 0 aliphatic heterocycles. The molecule has 6 heteroatoms. The Morgan fingerprint density at radius 2 is 1.89 bits per heavy atom. The first kappa shape index (κ1) is 13.6. The van der Waals surface area contributed by atoms with Gasteiger partial charge in [-0.15, -0.1) is 0 Å². The van der Waals surface area contributed by atoms with Crippen LogP contribution in [0.1, 0.15) is 49.5 Å². The van der Waals surface area contributed by atoms with Crippen molar-refractivity contribution in [2.75, 3.05) is 0 Å². The summed E-state index contributed by atoms with van der Waals surface area (Å²) >= 11 is 5.85. The molecule has 1 fully saturated rings. The third-order valence-corrected chi connectivity index (χ3v) is 3.36. The number of rotatable bonds is 3. The summed E-state index contributed by atoms with van der Waals surface area (Å²) < 4.78 is 36.5. The summed E-state index contributed by atoms with van der Waals surface area (Å²) in [4.78, 5) is 8.09. The lowest BCUT2D eigenvalue weighted by Crippen LogP contribution is -2.11. The summed E-state index contributed by atoms with van der Waals surface area (Å²) in [7, 11) is 0. The van der Waals surface area contributed by atoms with E-state index in [1.165, 1.54) is 0 Å². The maximum atomic E-state index is 12.2. The lowest BCUT2D eigenvalue weighted by Gasteiger charge is -2.11. The number of hydrogen-bond donors (Lipinski definition) is 0. The quantitative estimate of drug-likeness (QED) is 0.771. The highest BCUT2D eigenvalue weighted by Gasteiger charge is 2.27. The van der Waals surface area contributed by atoms with Crippen LogP contribution in [0.15, 0.2) is 6.07 Å². The maximum Gasteiger partial charge on any atom is 0.389 e. The van der Waals surface area contributed by atoms with Crippen molar-refractivity contribution in [3.05, 3.63) is 22.7 Å². The number of nitrogens with zero attached hydrogens (tertiary/aromatic N) is 2. The molecule has 0 unspecified atom stereocenters. The number of hydrogen-bond acceptors (Lipinski definition) is 2. The first-order chi connectivity index (χ1) is 8.44. The zero-order valence-electron chi connectivity index (χ0n) is 9.80. The number of aryl methyl sites for hydroxylation is 1. The SMILES string of the molecule is FC(F)(F)CCc1nc(Cl)cc(C2CCCC2)n1. The van der Waals surface area contributed by atoms with E-state index in [1.54, 1.807) is 6.07 Å². The molecule has 0 radical (unpaired) electrons. The number of aromatic nitrogens is 2. The van der Waals surface area contributed by atoms with Crippen LogP contribution in [0.25, 0.3) is 0 Å². The highest BCUT2D eigenvalue weighted by molar-refractivity contribution is 6.29. The van der Waals surface area contributed by atoms with Gasteiger partial charge >= 0.3 is 6.18 Å². The molecule has 0 spiro atoms. The number of alkyl halides is 3. The van der Waals surface area contributed by atoms with E-state index < -0.39 is 12.6 Å². The Morgan fingerprint density at radius 3 is 2.50 bits per heavy atom. The molecule has 0 saturated heterocycles. The molecule has 1 aromatic heterocycles. The lowest BCUT2D eigenvalue weighted by molar-refractivity contribution is -0.134. The van der Waals surface area contributed by atoms with Crippen molar-refractivity contribution >= 4 is 11.6 Å². The van der Waals surface area contributed by atoms with Crippen LogP contribution in [0.4, 0.5) is 13.2 Å².